The highest BCUT2D eigenvalue weighted by Crippen LogP contribution is 2.35. The lowest BCUT2D eigenvalue weighted by atomic mass is 9.81. The van der Waals surface area contributed by atoms with Gasteiger partial charge in [-0.05, 0) is 55.4 Å². The van der Waals surface area contributed by atoms with Crippen molar-refractivity contribution in [2.45, 2.75) is 50.6 Å². The Morgan fingerprint density at radius 3 is 2.65 bits per heavy atom. The molecule has 1 aliphatic rings. The van der Waals surface area contributed by atoms with E-state index < -0.39 is 0 Å². The van der Waals surface area contributed by atoms with Crippen LogP contribution in [0.3, 0.4) is 0 Å². The summed E-state index contributed by atoms with van der Waals surface area (Å²) < 4.78 is 5.38. The molecule has 1 saturated carbocycles. The molecule has 1 N–H and O–H groups in total. The van der Waals surface area contributed by atoms with Crippen LogP contribution in [0.5, 0.6) is 5.75 Å². The molecule has 3 unspecified atom stereocenters. The summed E-state index contributed by atoms with van der Waals surface area (Å²) in [6.45, 7) is 2.27. The van der Waals surface area contributed by atoms with Gasteiger partial charge < -0.3 is 10.1 Å². The molecule has 23 heavy (non-hydrogen) atoms. The second-order valence-electron chi connectivity index (χ2n) is 6.64. The van der Waals surface area contributed by atoms with Gasteiger partial charge >= 0.3 is 0 Å². The van der Waals surface area contributed by atoms with Crippen molar-refractivity contribution in [3.63, 3.8) is 0 Å². The third-order valence-corrected chi connectivity index (χ3v) is 5.02. The van der Waals surface area contributed by atoms with Crippen LogP contribution in [-0.2, 0) is 0 Å². The monoisotopic (exact) mass is 309 g/mol. The summed E-state index contributed by atoms with van der Waals surface area (Å²) in [7, 11) is 1.74. The van der Waals surface area contributed by atoms with Crippen LogP contribution in [0.15, 0.2) is 54.6 Å². The zero-order valence-corrected chi connectivity index (χ0v) is 14.2. The Bertz CT molecular complexity index is 610. The van der Waals surface area contributed by atoms with Gasteiger partial charge in [-0.15, -0.1) is 0 Å². The average molecular weight is 309 g/mol. The highest BCUT2D eigenvalue weighted by Gasteiger charge is 2.24. The molecule has 122 valence electrons. The van der Waals surface area contributed by atoms with E-state index in [-0.39, 0.29) is 0 Å². The van der Waals surface area contributed by atoms with Crippen molar-refractivity contribution in [1.82, 2.24) is 5.32 Å². The maximum atomic E-state index is 5.38. The van der Waals surface area contributed by atoms with Crippen LogP contribution in [0.1, 0.15) is 55.7 Å². The summed E-state index contributed by atoms with van der Waals surface area (Å²) in [6, 6.07) is 20.3. The van der Waals surface area contributed by atoms with Crippen LogP contribution in [-0.4, -0.2) is 13.2 Å². The first-order valence-electron chi connectivity index (χ1n) is 8.71. The van der Waals surface area contributed by atoms with Crippen molar-refractivity contribution in [1.29, 1.82) is 0 Å². The van der Waals surface area contributed by atoms with Gasteiger partial charge in [0.25, 0.3) is 0 Å². The molecule has 0 aromatic heterocycles. The third-order valence-electron chi connectivity index (χ3n) is 5.02. The molecule has 0 bridgehead atoms. The second kappa shape index (κ2) is 7.65. The minimum atomic E-state index is 0.408. The molecule has 0 saturated heterocycles. The van der Waals surface area contributed by atoms with Gasteiger partial charge in [-0.2, -0.15) is 0 Å². The van der Waals surface area contributed by atoms with Gasteiger partial charge in [-0.1, -0.05) is 48.9 Å². The van der Waals surface area contributed by atoms with Crippen LogP contribution < -0.4 is 10.1 Å². The van der Waals surface area contributed by atoms with E-state index in [0.717, 1.165) is 5.75 Å². The lowest BCUT2D eigenvalue weighted by Crippen LogP contribution is -2.35. The van der Waals surface area contributed by atoms with Gasteiger partial charge in [0.15, 0.2) is 0 Å². The molecular weight excluding hydrogens is 282 g/mol. The van der Waals surface area contributed by atoms with E-state index >= 15 is 0 Å². The summed E-state index contributed by atoms with van der Waals surface area (Å²) >= 11 is 0. The Morgan fingerprint density at radius 1 is 1.04 bits per heavy atom. The predicted octanol–water partition coefficient (Wildman–Crippen LogP) is 5.07. The van der Waals surface area contributed by atoms with Crippen molar-refractivity contribution in [3.05, 3.63) is 65.7 Å². The van der Waals surface area contributed by atoms with Gasteiger partial charge in [-0.3, -0.25) is 0 Å². The Morgan fingerprint density at radius 2 is 1.87 bits per heavy atom. The Labute approximate surface area is 139 Å². The Hall–Kier alpha value is -1.80. The lowest BCUT2D eigenvalue weighted by molar-refractivity contribution is 0.317. The van der Waals surface area contributed by atoms with E-state index in [1.807, 2.05) is 6.07 Å². The Kier molecular flexibility index (Phi) is 5.35. The second-order valence-corrected chi connectivity index (χ2v) is 6.64. The standard InChI is InChI=1S/C21H27NO/c1-16(17-8-4-3-5-9-17)22-20-12-6-10-18(14-20)19-11-7-13-21(15-19)23-2/h3-5,7-9,11,13,15-16,18,20,22H,6,10,12,14H2,1-2H3. The third kappa shape index (κ3) is 4.14. The maximum absolute atomic E-state index is 5.38. The number of methoxy groups -OCH3 is 1. The highest BCUT2D eigenvalue weighted by atomic mass is 16.5. The van der Waals surface area contributed by atoms with Crippen molar-refractivity contribution in [3.8, 4) is 5.75 Å². The number of hydrogen-bond acceptors (Lipinski definition) is 2. The SMILES string of the molecule is COc1cccc(C2CCCC(NC(C)c3ccccc3)C2)c1. The fourth-order valence-corrected chi connectivity index (χ4v) is 3.73. The maximum Gasteiger partial charge on any atom is 0.119 e. The number of nitrogens with one attached hydrogen (secondary N) is 1. The first kappa shape index (κ1) is 16.1. The molecule has 0 amide bonds. The van der Waals surface area contributed by atoms with Gasteiger partial charge in [0, 0.05) is 12.1 Å². The Balaban J connectivity index is 1.64. The molecule has 0 heterocycles. The summed E-state index contributed by atoms with van der Waals surface area (Å²) in [4.78, 5) is 0. The van der Waals surface area contributed by atoms with Gasteiger partial charge in [0.05, 0.1) is 7.11 Å². The smallest absolute Gasteiger partial charge is 0.119 e. The molecule has 3 rings (SSSR count). The van der Waals surface area contributed by atoms with E-state index in [1.54, 1.807) is 7.11 Å². The molecule has 2 nitrogen and oxygen atoms in total. The summed E-state index contributed by atoms with van der Waals surface area (Å²) in [5, 5.41) is 3.83. The molecule has 2 heteroatoms. The van der Waals surface area contributed by atoms with Crippen molar-refractivity contribution in [2.75, 3.05) is 7.11 Å². The van der Waals surface area contributed by atoms with Crippen molar-refractivity contribution in [2.24, 2.45) is 0 Å². The molecule has 3 atom stereocenters. The van der Waals surface area contributed by atoms with Crippen molar-refractivity contribution >= 4 is 0 Å². The van der Waals surface area contributed by atoms with Crippen LogP contribution in [0.25, 0.3) is 0 Å². The van der Waals surface area contributed by atoms with E-state index in [1.165, 1.54) is 36.8 Å². The van der Waals surface area contributed by atoms with Gasteiger partial charge in [-0.25, -0.2) is 0 Å². The highest BCUT2D eigenvalue weighted by molar-refractivity contribution is 5.31. The average Bonchev–Trinajstić information content (AvgIpc) is 2.63. The van der Waals surface area contributed by atoms with E-state index in [9.17, 15) is 0 Å². The number of hydrogen-bond donors (Lipinski definition) is 1. The fraction of sp³-hybridized carbons (Fsp3) is 0.429. The number of rotatable bonds is 5. The first-order valence-corrected chi connectivity index (χ1v) is 8.71. The van der Waals surface area contributed by atoms with Crippen LogP contribution in [0.4, 0.5) is 0 Å². The fourth-order valence-electron chi connectivity index (χ4n) is 3.73. The molecule has 2 aromatic rings. The van der Waals surface area contributed by atoms with E-state index in [0.29, 0.717) is 18.0 Å². The van der Waals surface area contributed by atoms with Crippen LogP contribution in [0, 0.1) is 0 Å². The zero-order chi connectivity index (χ0) is 16.1. The molecule has 0 spiro atoms. The molecule has 0 aliphatic heterocycles. The molecular formula is C21H27NO. The molecule has 2 aromatic carbocycles. The van der Waals surface area contributed by atoms with E-state index in [4.69, 9.17) is 4.74 Å². The molecule has 1 fully saturated rings. The minimum absolute atomic E-state index is 0.408. The summed E-state index contributed by atoms with van der Waals surface area (Å²) in [5.41, 5.74) is 2.79. The zero-order valence-electron chi connectivity index (χ0n) is 14.2. The quantitative estimate of drug-likeness (QED) is 0.832. The number of benzene rings is 2. The molecule has 0 radical (unpaired) electrons. The summed E-state index contributed by atoms with van der Waals surface area (Å²) in [5.74, 6) is 1.61. The normalized spacial score (nSPS) is 22.5. The van der Waals surface area contributed by atoms with Crippen molar-refractivity contribution < 1.29 is 4.74 Å². The van der Waals surface area contributed by atoms with E-state index in [2.05, 4.69) is 60.8 Å². The first-order chi connectivity index (χ1) is 11.3. The predicted molar refractivity (Wildman–Crippen MR) is 96.0 cm³/mol. The minimum Gasteiger partial charge on any atom is -0.497 e. The topological polar surface area (TPSA) is 21.3 Å². The largest absolute Gasteiger partial charge is 0.497 e. The molecule has 1 aliphatic carbocycles. The van der Waals surface area contributed by atoms with Crippen LogP contribution >= 0.6 is 0 Å². The van der Waals surface area contributed by atoms with Crippen LogP contribution in [0.2, 0.25) is 0 Å². The summed E-state index contributed by atoms with van der Waals surface area (Å²) in [6.07, 6.45) is 5.06. The number of ether oxygens (including phenoxy) is 1. The lowest BCUT2D eigenvalue weighted by Gasteiger charge is -2.32. The van der Waals surface area contributed by atoms with Gasteiger partial charge in [0.1, 0.15) is 5.75 Å². The van der Waals surface area contributed by atoms with Gasteiger partial charge in [0.2, 0.25) is 0 Å².